The molecule has 0 spiro atoms. The molecule has 28 heavy (non-hydrogen) atoms. The molecule has 4 aliphatic carbocycles. The maximum atomic E-state index is 13.6. The number of hydrogen-bond donors (Lipinski definition) is 1. The van der Waals surface area contributed by atoms with Gasteiger partial charge in [0.05, 0.1) is 10.4 Å². The van der Waals surface area contributed by atoms with Gasteiger partial charge in [-0.05, 0) is 87.3 Å². The molecule has 0 radical (unpaired) electrons. The zero-order valence-corrected chi connectivity index (χ0v) is 16.7. The summed E-state index contributed by atoms with van der Waals surface area (Å²) in [5, 5.41) is 2.80. The van der Waals surface area contributed by atoms with Crippen molar-refractivity contribution in [3.8, 4) is 0 Å². The number of amides is 2. The Morgan fingerprint density at radius 2 is 1.75 bits per heavy atom. The van der Waals surface area contributed by atoms with E-state index in [9.17, 15) is 14.0 Å². The first-order chi connectivity index (χ1) is 13.4. The number of nitrogens with one attached hydrogen (secondary N) is 1. The predicted molar refractivity (Wildman–Crippen MR) is 105 cm³/mol. The second-order valence-corrected chi connectivity index (χ2v) is 9.88. The molecule has 6 rings (SSSR count). The first-order valence-corrected chi connectivity index (χ1v) is 10.9. The van der Waals surface area contributed by atoms with Gasteiger partial charge < -0.3 is 10.2 Å². The molecule has 4 bridgehead atoms. The van der Waals surface area contributed by atoms with Crippen molar-refractivity contribution < 1.29 is 14.0 Å². The van der Waals surface area contributed by atoms with Gasteiger partial charge >= 0.3 is 0 Å². The lowest BCUT2D eigenvalue weighted by atomic mass is 9.49. The normalized spacial score (nSPS) is 36.0. The van der Waals surface area contributed by atoms with Crippen LogP contribution in [0, 0.1) is 29.0 Å². The molecule has 1 N–H and O–H groups in total. The second-order valence-electron chi connectivity index (χ2n) is 9.47. The maximum Gasteiger partial charge on any atom is 0.247 e. The van der Waals surface area contributed by atoms with Crippen LogP contribution in [0.1, 0.15) is 51.4 Å². The van der Waals surface area contributed by atoms with E-state index in [1.807, 2.05) is 4.90 Å². The summed E-state index contributed by atoms with van der Waals surface area (Å²) >= 11 is 5.82. The predicted octanol–water partition coefficient (Wildman–Crippen LogP) is 4.63. The quantitative estimate of drug-likeness (QED) is 0.798. The fourth-order valence-electron chi connectivity index (χ4n) is 6.76. The summed E-state index contributed by atoms with van der Waals surface area (Å²) in [7, 11) is 0. The summed E-state index contributed by atoms with van der Waals surface area (Å²) in [6.45, 7) is 0.656. The summed E-state index contributed by atoms with van der Waals surface area (Å²) in [6, 6.07) is 3.71. The smallest absolute Gasteiger partial charge is 0.247 e. The molecule has 0 aromatic heterocycles. The van der Waals surface area contributed by atoms with Gasteiger partial charge in [0, 0.05) is 12.2 Å². The zero-order chi connectivity index (χ0) is 19.5. The van der Waals surface area contributed by atoms with Crippen LogP contribution in [-0.2, 0) is 9.59 Å². The number of anilines is 1. The van der Waals surface area contributed by atoms with Crippen molar-refractivity contribution in [2.45, 2.75) is 57.4 Å². The Balaban J connectivity index is 1.33. The Kier molecular flexibility index (Phi) is 4.42. The number of hydrogen-bond acceptors (Lipinski definition) is 2. The van der Waals surface area contributed by atoms with Gasteiger partial charge in [0.15, 0.2) is 0 Å². The van der Waals surface area contributed by atoms with E-state index in [1.54, 1.807) is 0 Å². The molecule has 1 heterocycles. The van der Waals surface area contributed by atoms with Gasteiger partial charge in [-0.2, -0.15) is 0 Å². The summed E-state index contributed by atoms with van der Waals surface area (Å²) < 4.78 is 13.4. The van der Waals surface area contributed by atoms with Gasteiger partial charge in [-0.3, -0.25) is 9.59 Å². The van der Waals surface area contributed by atoms with E-state index < -0.39 is 11.9 Å². The number of carbonyl (C=O) groups excluding carboxylic acids is 2. The van der Waals surface area contributed by atoms with Crippen molar-refractivity contribution in [3.05, 3.63) is 29.0 Å². The fraction of sp³-hybridized carbons (Fsp3) is 0.636. The molecular formula is C22H26ClFN2O2. The molecule has 6 heteroatoms. The number of halogens is 2. The van der Waals surface area contributed by atoms with Crippen LogP contribution in [0.2, 0.25) is 5.02 Å². The van der Waals surface area contributed by atoms with E-state index in [-0.39, 0.29) is 22.3 Å². The molecule has 1 aliphatic heterocycles. The van der Waals surface area contributed by atoms with Crippen LogP contribution >= 0.6 is 11.6 Å². The lowest BCUT2D eigenvalue weighted by Gasteiger charge is -2.56. The van der Waals surface area contributed by atoms with Crippen molar-refractivity contribution in [1.29, 1.82) is 0 Å². The van der Waals surface area contributed by atoms with Crippen molar-refractivity contribution in [3.63, 3.8) is 0 Å². The van der Waals surface area contributed by atoms with Crippen LogP contribution in [0.5, 0.6) is 0 Å². The molecule has 1 saturated heterocycles. The molecule has 4 nitrogen and oxygen atoms in total. The van der Waals surface area contributed by atoms with E-state index in [2.05, 4.69) is 5.32 Å². The van der Waals surface area contributed by atoms with Crippen LogP contribution in [-0.4, -0.2) is 29.3 Å². The van der Waals surface area contributed by atoms with Gasteiger partial charge in [-0.1, -0.05) is 11.6 Å². The van der Waals surface area contributed by atoms with Crippen LogP contribution in [0.15, 0.2) is 18.2 Å². The third-order valence-corrected chi connectivity index (χ3v) is 7.79. The van der Waals surface area contributed by atoms with Crippen molar-refractivity contribution in [2.75, 3.05) is 11.9 Å². The molecule has 0 unspecified atom stereocenters. The highest BCUT2D eigenvalue weighted by molar-refractivity contribution is 6.31. The Morgan fingerprint density at radius 3 is 2.36 bits per heavy atom. The Hall–Kier alpha value is -1.62. The van der Waals surface area contributed by atoms with Crippen molar-refractivity contribution in [2.24, 2.45) is 23.2 Å². The largest absolute Gasteiger partial charge is 0.330 e. The first-order valence-electron chi connectivity index (χ1n) is 10.5. The van der Waals surface area contributed by atoms with Crippen LogP contribution in [0.4, 0.5) is 10.1 Å². The summed E-state index contributed by atoms with van der Waals surface area (Å²) in [5.41, 5.74) is 0.238. The summed E-state index contributed by atoms with van der Waals surface area (Å²) in [4.78, 5) is 28.4. The number of rotatable bonds is 3. The number of likely N-dealkylation sites (tertiary alicyclic amines) is 1. The highest BCUT2D eigenvalue weighted by Crippen LogP contribution is 2.60. The highest BCUT2D eigenvalue weighted by atomic mass is 35.5. The third kappa shape index (κ3) is 3.02. The molecule has 1 aromatic carbocycles. The van der Waals surface area contributed by atoms with E-state index in [0.717, 1.165) is 25.7 Å². The molecule has 1 aromatic rings. The highest BCUT2D eigenvalue weighted by Gasteiger charge is 2.56. The minimum Gasteiger partial charge on any atom is -0.330 e. The Labute approximate surface area is 169 Å². The average Bonchev–Trinajstić information content (AvgIpc) is 3.13. The molecule has 4 saturated carbocycles. The van der Waals surface area contributed by atoms with Crippen molar-refractivity contribution >= 4 is 29.1 Å². The minimum absolute atomic E-state index is 0.0225. The average molecular weight is 405 g/mol. The molecule has 5 fully saturated rings. The van der Waals surface area contributed by atoms with Gasteiger partial charge in [0.25, 0.3) is 0 Å². The topological polar surface area (TPSA) is 49.4 Å². The minimum atomic E-state index is -0.515. The first kappa shape index (κ1) is 18.4. The van der Waals surface area contributed by atoms with Gasteiger partial charge in [-0.25, -0.2) is 4.39 Å². The Bertz CT molecular complexity index is 791. The molecule has 5 aliphatic rings. The van der Waals surface area contributed by atoms with Gasteiger partial charge in [-0.15, -0.1) is 0 Å². The van der Waals surface area contributed by atoms with Crippen LogP contribution < -0.4 is 5.32 Å². The fourth-order valence-corrected chi connectivity index (χ4v) is 6.94. The monoisotopic (exact) mass is 404 g/mol. The third-order valence-electron chi connectivity index (χ3n) is 7.50. The van der Waals surface area contributed by atoms with E-state index >= 15 is 0 Å². The van der Waals surface area contributed by atoms with E-state index in [1.165, 1.54) is 37.5 Å². The second kappa shape index (κ2) is 6.72. The van der Waals surface area contributed by atoms with Gasteiger partial charge in [0.2, 0.25) is 11.8 Å². The van der Waals surface area contributed by atoms with E-state index in [4.69, 9.17) is 11.6 Å². The molecular weight excluding hydrogens is 379 g/mol. The lowest BCUT2D eigenvalue weighted by Crippen LogP contribution is -2.56. The molecule has 2 amide bonds. The molecule has 1 atom stereocenters. The van der Waals surface area contributed by atoms with Crippen LogP contribution in [0.3, 0.4) is 0 Å². The maximum absolute atomic E-state index is 13.6. The lowest BCUT2D eigenvalue weighted by molar-refractivity contribution is -0.160. The van der Waals surface area contributed by atoms with Crippen molar-refractivity contribution in [1.82, 2.24) is 4.90 Å². The van der Waals surface area contributed by atoms with E-state index in [0.29, 0.717) is 36.4 Å². The van der Waals surface area contributed by atoms with Crippen LogP contribution in [0.25, 0.3) is 0 Å². The Morgan fingerprint density at radius 1 is 1.11 bits per heavy atom. The SMILES string of the molecule is O=C(Nc1ccc(F)c(Cl)c1)[C@H]1CCCN1C(=O)C12CC3CC(CC(C3)C1)C2. The summed E-state index contributed by atoms with van der Waals surface area (Å²) in [6.07, 6.45) is 8.44. The summed E-state index contributed by atoms with van der Waals surface area (Å²) in [5.74, 6) is 1.60. The number of benzene rings is 1. The number of carbonyl (C=O) groups is 2. The zero-order valence-electron chi connectivity index (χ0n) is 15.9. The van der Waals surface area contributed by atoms with Gasteiger partial charge in [0.1, 0.15) is 11.9 Å². The molecule has 150 valence electrons. The number of nitrogens with zero attached hydrogens (tertiary/aromatic N) is 1. The standard InChI is InChI=1S/C22H26ClFN2O2/c23-17-9-16(3-4-18(17)24)25-20(27)19-2-1-5-26(19)21(28)22-10-13-6-14(11-22)8-15(7-13)12-22/h3-4,9,13-15,19H,1-2,5-8,10-12H2,(H,25,27)/t13?,14?,15?,19-,22?/m1/s1.